The summed E-state index contributed by atoms with van der Waals surface area (Å²) in [5.74, 6) is 2.19. The van der Waals surface area contributed by atoms with Gasteiger partial charge in [-0.05, 0) is 29.2 Å². The van der Waals surface area contributed by atoms with Crippen LogP contribution in [0.4, 0.5) is 0 Å². The Labute approximate surface area is 178 Å². The fourth-order valence-electron chi connectivity index (χ4n) is 3.46. The quantitative estimate of drug-likeness (QED) is 0.677. The third-order valence-corrected chi connectivity index (χ3v) is 5.09. The van der Waals surface area contributed by atoms with E-state index in [1.807, 2.05) is 54.6 Å². The molecule has 0 saturated heterocycles. The highest BCUT2D eigenvalue weighted by atomic mass is 16.5. The molecule has 0 amide bonds. The summed E-state index contributed by atoms with van der Waals surface area (Å²) in [5.41, 5.74) is 2.09. The number of benzene rings is 2. The summed E-state index contributed by atoms with van der Waals surface area (Å²) in [6.45, 7) is 4.69. The molecule has 160 valence electrons. The van der Waals surface area contributed by atoms with E-state index in [2.05, 4.69) is 13.8 Å². The van der Waals surface area contributed by atoms with Crippen LogP contribution in [0.5, 0.6) is 5.75 Å². The van der Waals surface area contributed by atoms with Crippen LogP contribution in [0.25, 0.3) is 0 Å². The predicted molar refractivity (Wildman–Crippen MR) is 118 cm³/mol. The fraction of sp³-hybridized carbons (Fsp3) is 0.417. The van der Waals surface area contributed by atoms with Gasteiger partial charge in [0.05, 0.1) is 14.2 Å². The topological polar surface area (TPSA) is 61.6 Å². The average Bonchev–Trinajstić information content (AvgIpc) is 2.79. The highest BCUT2D eigenvalue weighted by Gasteiger charge is 2.36. The number of ether oxygens (including phenoxy) is 4. The van der Waals surface area contributed by atoms with Gasteiger partial charge in [0.25, 0.3) is 0 Å². The molecule has 30 heavy (non-hydrogen) atoms. The van der Waals surface area contributed by atoms with E-state index in [0.717, 1.165) is 16.9 Å². The van der Waals surface area contributed by atoms with Crippen LogP contribution in [0.1, 0.15) is 31.1 Å². The Morgan fingerprint density at radius 2 is 1.40 bits per heavy atom. The van der Waals surface area contributed by atoms with Crippen molar-refractivity contribution < 1.29 is 18.9 Å². The Hall–Kier alpha value is -2.86. The lowest BCUT2D eigenvalue weighted by molar-refractivity contribution is 0.0896. The lowest BCUT2D eigenvalue weighted by Gasteiger charge is -2.30. The van der Waals surface area contributed by atoms with Crippen LogP contribution in [0.3, 0.4) is 0 Å². The first-order chi connectivity index (χ1) is 14.6. The van der Waals surface area contributed by atoms with Crippen LogP contribution < -0.4 is 4.74 Å². The maximum Gasteiger partial charge on any atom is 0.212 e. The molecule has 1 aliphatic rings. The molecule has 3 atom stereocenters. The van der Waals surface area contributed by atoms with Crippen molar-refractivity contribution in [1.29, 1.82) is 0 Å². The fourth-order valence-corrected chi connectivity index (χ4v) is 3.46. The number of rotatable bonds is 7. The Kier molecular flexibility index (Phi) is 7.46. The maximum atomic E-state index is 5.89. The molecule has 1 heterocycles. The zero-order valence-corrected chi connectivity index (χ0v) is 18.2. The Balaban J connectivity index is 1.77. The van der Waals surface area contributed by atoms with Gasteiger partial charge in [-0.25, -0.2) is 9.98 Å². The Morgan fingerprint density at radius 1 is 0.800 bits per heavy atom. The molecule has 0 aliphatic carbocycles. The summed E-state index contributed by atoms with van der Waals surface area (Å²) >= 11 is 0. The second-order valence-corrected chi connectivity index (χ2v) is 7.48. The molecular formula is C24H30N2O4. The van der Waals surface area contributed by atoms with E-state index in [9.17, 15) is 0 Å². The maximum absolute atomic E-state index is 5.89. The molecule has 1 aliphatic heterocycles. The summed E-state index contributed by atoms with van der Waals surface area (Å²) in [5, 5.41) is 0. The molecule has 0 fully saturated rings. The number of aliphatic imine (C=N–C) groups is 2. The van der Waals surface area contributed by atoms with Crippen LogP contribution >= 0.6 is 0 Å². The normalized spacial score (nSPS) is 19.7. The first-order valence-electron chi connectivity index (χ1n) is 10.1. The summed E-state index contributed by atoms with van der Waals surface area (Å²) in [6.07, 6.45) is -0.356. The first-order valence-corrected chi connectivity index (χ1v) is 10.1. The molecular weight excluding hydrogens is 380 g/mol. The van der Waals surface area contributed by atoms with Gasteiger partial charge in [0.1, 0.15) is 24.5 Å². The van der Waals surface area contributed by atoms with Crippen molar-refractivity contribution in [3.05, 3.63) is 65.7 Å². The van der Waals surface area contributed by atoms with Crippen LogP contribution in [0.15, 0.2) is 64.6 Å². The van der Waals surface area contributed by atoms with Gasteiger partial charge in [-0.1, -0.05) is 56.3 Å². The number of methoxy groups -OCH3 is 3. The van der Waals surface area contributed by atoms with Crippen LogP contribution in [0, 0.1) is 5.92 Å². The monoisotopic (exact) mass is 410 g/mol. The number of hydrogen-bond donors (Lipinski definition) is 0. The van der Waals surface area contributed by atoms with E-state index < -0.39 is 6.04 Å². The van der Waals surface area contributed by atoms with Gasteiger partial charge in [-0.15, -0.1) is 0 Å². The minimum absolute atomic E-state index is 0.160. The standard InChI is InChI=1S/C24H30N2O4/c1-16(2)20-23(28-4)26-21(24(25-20)29-5)22(27-3)18-11-13-19(14-12-18)30-15-17-9-7-6-8-10-17/h6-14,16,20-22H,15H2,1-5H3/t20-,21+,22+/m1/s1. The average molecular weight is 411 g/mol. The van der Waals surface area contributed by atoms with Gasteiger partial charge in [0, 0.05) is 7.11 Å². The van der Waals surface area contributed by atoms with Crippen LogP contribution in [0.2, 0.25) is 0 Å². The molecule has 2 aromatic carbocycles. The molecule has 3 rings (SSSR count). The molecule has 6 heteroatoms. The minimum atomic E-state index is -0.416. The van der Waals surface area contributed by atoms with Crippen LogP contribution in [-0.2, 0) is 20.8 Å². The molecule has 0 unspecified atom stereocenters. The van der Waals surface area contributed by atoms with E-state index in [1.54, 1.807) is 21.3 Å². The van der Waals surface area contributed by atoms with Crippen molar-refractivity contribution >= 4 is 11.8 Å². The first kappa shape index (κ1) is 21.8. The van der Waals surface area contributed by atoms with Gasteiger partial charge >= 0.3 is 0 Å². The second kappa shape index (κ2) is 10.3. The van der Waals surface area contributed by atoms with Gasteiger partial charge in [0.15, 0.2) is 6.04 Å². The van der Waals surface area contributed by atoms with Crippen molar-refractivity contribution in [3.63, 3.8) is 0 Å². The highest BCUT2D eigenvalue weighted by molar-refractivity contribution is 5.94. The molecule has 2 aromatic rings. The highest BCUT2D eigenvalue weighted by Crippen LogP contribution is 2.30. The van der Waals surface area contributed by atoms with Gasteiger partial charge < -0.3 is 18.9 Å². The third kappa shape index (κ3) is 5.00. The largest absolute Gasteiger partial charge is 0.489 e. The molecule has 0 spiro atoms. The second-order valence-electron chi connectivity index (χ2n) is 7.48. The van der Waals surface area contributed by atoms with E-state index in [4.69, 9.17) is 28.9 Å². The molecule has 0 radical (unpaired) electrons. The molecule has 6 nitrogen and oxygen atoms in total. The number of nitrogens with zero attached hydrogens (tertiary/aromatic N) is 2. The summed E-state index contributed by atoms with van der Waals surface area (Å²) in [6, 6.07) is 17.4. The summed E-state index contributed by atoms with van der Waals surface area (Å²) in [4.78, 5) is 9.53. The van der Waals surface area contributed by atoms with Crippen molar-refractivity contribution in [2.24, 2.45) is 15.9 Å². The lowest BCUT2D eigenvalue weighted by atomic mass is 9.98. The summed E-state index contributed by atoms with van der Waals surface area (Å²) < 4.78 is 22.8. The van der Waals surface area contributed by atoms with E-state index in [1.165, 1.54) is 0 Å². The Morgan fingerprint density at radius 3 is 1.97 bits per heavy atom. The van der Waals surface area contributed by atoms with E-state index >= 15 is 0 Å². The van der Waals surface area contributed by atoms with Gasteiger partial charge in [-0.2, -0.15) is 0 Å². The smallest absolute Gasteiger partial charge is 0.212 e. The summed E-state index contributed by atoms with van der Waals surface area (Å²) in [7, 11) is 4.90. The molecule has 0 aromatic heterocycles. The molecule has 0 saturated carbocycles. The van der Waals surface area contributed by atoms with E-state index in [0.29, 0.717) is 18.4 Å². The van der Waals surface area contributed by atoms with Crippen molar-refractivity contribution in [3.8, 4) is 5.75 Å². The van der Waals surface area contributed by atoms with Crippen molar-refractivity contribution in [1.82, 2.24) is 0 Å². The van der Waals surface area contributed by atoms with Crippen molar-refractivity contribution in [2.45, 2.75) is 38.6 Å². The van der Waals surface area contributed by atoms with Gasteiger partial charge in [-0.3, -0.25) is 0 Å². The van der Waals surface area contributed by atoms with E-state index in [-0.39, 0.29) is 18.1 Å². The van der Waals surface area contributed by atoms with Crippen LogP contribution in [-0.4, -0.2) is 45.2 Å². The zero-order chi connectivity index (χ0) is 21.5. The number of hydrogen-bond acceptors (Lipinski definition) is 6. The predicted octanol–water partition coefficient (Wildman–Crippen LogP) is 4.45. The zero-order valence-electron chi connectivity index (χ0n) is 18.2. The third-order valence-electron chi connectivity index (χ3n) is 5.09. The van der Waals surface area contributed by atoms with Gasteiger partial charge in [0.2, 0.25) is 11.8 Å². The lowest BCUT2D eigenvalue weighted by Crippen LogP contribution is -2.40. The SMILES string of the molecule is COC1=N[C@H](C(C)C)C(OC)=N[C@H]1[C@@H](OC)c1ccc(OCc2ccccc2)cc1. The molecule has 0 N–H and O–H groups in total. The Bertz CT molecular complexity index is 863. The van der Waals surface area contributed by atoms with Crippen molar-refractivity contribution in [2.75, 3.05) is 21.3 Å². The minimum Gasteiger partial charge on any atom is -0.489 e. The molecule has 0 bridgehead atoms.